The highest BCUT2D eigenvalue weighted by atomic mass is 15.2. The molecule has 0 aliphatic rings. The molecular formula is C10H20N4. The van der Waals surface area contributed by atoms with Gasteiger partial charge in [-0.3, -0.25) is 5.10 Å². The molecule has 4 heteroatoms. The molecule has 1 rings (SSSR count). The smallest absolute Gasteiger partial charge is 0.153 e. The second kappa shape index (κ2) is 3.69. The van der Waals surface area contributed by atoms with Gasteiger partial charge in [-0.05, 0) is 5.41 Å². The van der Waals surface area contributed by atoms with Gasteiger partial charge in [0.05, 0.1) is 6.04 Å². The Kier molecular flexibility index (Phi) is 2.95. The molecule has 0 saturated heterocycles. The first-order chi connectivity index (χ1) is 6.32. The van der Waals surface area contributed by atoms with Crippen LogP contribution in [-0.2, 0) is 0 Å². The zero-order chi connectivity index (χ0) is 10.9. The number of nitrogens with zero attached hydrogens (tertiary/aromatic N) is 2. The largest absolute Gasteiger partial charge is 0.321 e. The molecule has 0 spiro atoms. The van der Waals surface area contributed by atoms with Crippen LogP contribution >= 0.6 is 0 Å². The molecule has 0 fully saturated rings. The van der Waals surface area contributed by atoms with Crippen molar-refractivity contribution in [3.63, 3.8) is 0 Å². The molecule has 0 aliphatic carbocycles. The Bertz CT molecular complexity index is 295. The van der Waals surface area contributed by atoms with E-state index in [4.69, 9.17) is 5.73 Å². The van der Waals surface area contributed by atoms with E-state index in [0.717, 1.165) is 11.6 Å². The lowest BCUT2D eigenvalue weighted by Crippen LogP contribution is -2.27. The van der Waals surface area contributed by atoms with Crippen molar-refractivity contribution in [1.29, 1.82) is 0 Å². The first-order valence-corrected chi connectivity index (χ1v) is 5.00. The zero-order valence-corrected chi connectivity index (χ0v) is 9.63. The number of nitrogens with two attached hydrogens (primary N) is 1. The first-order valence-electron chi connectivity index (χ1n) is 5.00. The molecule has 80 valence electrons. The Hall–Kier alpha value is -0.900. The van der Waals surface area contributed by atoms with Crippen molar-refractivity contribution in [3.8, 4) is 0 Å². The van der Waals surface area contributed by atoms with Crippen LogP contribution in [0.2, 0.25) is 0 Å². The maximum atomic E-state index is 6.05. The third-order valence-electron chi connectivity index (χ3n) is 2.26. The fourth-order valence-corrected chi connectivity index (χ4v) is 1.10. The number of hydrogen-bond acceptors (Lipinski definition) is 3. The van der Waals surface area contributed by atoms with E-state index in [2.05, 4.69) is 49.8 Å². The molecule has 1 heterocycles. The van der Waals surface area contributed by atoms with E-state index >= 15 is 0 Å². The number of aromatic nitrogens is 3. The Morgan fingerprint density at radius 2 is 1.86 bits per heavy atom. The lowest BCUT2D eigenvalue weighted by atomic mass is 9.87. The van der Waals surface area contributed by atoms with Crippen LogP contribution in [0.25, 0.3) is 0 Å². The minimum absolute atomic E-state index is 0.00772. The van der Waals surface area contributed by atoms with Crippen molar-refractivity contribution in [2.24, 2.45) is 11.1 Å². The van der Waals surface area contributed by atoms with Crippen LogP contribution in [0.4, 0.5) is 0 Å². The minimum atomic E-state index is -0.0949. The summed E-state index contributed by atoms with van der Waals surface area (Å²) in [5.41, 5.74) is 6.06. The summed E-state index contributed by atoms with van der Waals surface area (Å²) in [5, 5.41) is 7.04. The zero-order valence-electron chi connectivity index (χ0n) is 9.63. The summed E-state index contributed by atoms with van der Waals surface area (Å²) in [6.45, 7) is 10.4. The summed E-state index contributed by atoms with van der Waals surface area (Å²) in [7, 11) is 0. The van der Waals surface area contributed by atoms with Gasteiger partial charge in [-0.1, -0.05) is 34.6 Å². The third kappa shape index (κ3) is 2.32. The van der Waals surface area contributed by atoms with Gasteiger partial charge in [-0.15, -0.1) is 0 Å². The average Bonchev–Trinajstić information content (AvgIpc) is 2.48. The Morgan fingerprint density at radius 1 is 1.29 bits per heavy atom. The van der Waals surface area contributed by atoms with Gasteiger partial charge in [0, 0.05) is 5.92 Å². The molecule has 1 atom stereocenters. The highest BCUT2D eigenvalue weighted by Crippen LogP contribution is 2.28. The summed E-state index contributed by atoms with van der Waals surface area (Å²) < 4.78 is 0. The van der Waals surface area contributed by atoms with Crippen molar-refractivity contribution < 1.29 is 0 Å². The van der Waals surface area contributed by atoms with Crippen LogP contribution in [0.15, 0.2) is 0 Å². The number of hydrogen-bond donors (Lipinski definition) is 2. The van der Waals surface area contributed by atoms with E-state index in [1.807, 2.05) is 0 Å². The van der Waals surface area contributed by atoms with Gasteiger partial charge < -0.3 is 5.73 Å². The second-order valence-electron chi connectivity index (χ2n) is 5.08. The van der Waals surface area contributed by atoms with Crippen molar-refractivity contribution in [3.05, 3.63) is 11.6 Å². The van der Waals surface area contributed by atoms with Crippen molar-refractivity contribution in [2.45, 2.75) is 46.6 Å². The standard InChI is InChI=1S/C10H20N4/c1-6(2)8-12-9(14-13-8)7(11)10(3,4)5/h6-7H,11H2,1-5H3,(H,12,13,14)/t7-/m0/s1. The minimum Gasteiger partial charge on any atom is -0.321 e. The number of aromatic amines is 1. The Balaban J connectivity index is 2.87. The lowest BCUT2D eigenvalue weighted by molar-refractivity contribution is 0.315. The number of nitrogens with one attached hydrogen (secondary N) is 1. The van der Waals surface area contributed by atoms with E-state index in [9.17, 15) is 0 Å². The molecular weight excluding hydrogens is 176 g/mol. The summed E-state index contributed by atoms with van der Waals surface area (Å²) in [5.74, 6) is 1.95. The molecule has 0 aromatic carbocycles. The third-order valence-corrected chi connectivity index (χ3v) is 2.26. The topological polar surface area (TPSA) is 67.6 Å². The molecule has 0 bridgehead atoms. The van der Waals surface area contributed by atoms with E-state index in [1.165, 1.54) is 0 Å². The normalized spacial score (nSPS) is 14.8. The van der Waals surface area contributed by atoms with Crippen LogP contribution in [0.3, 0.4) is 0 Å². The quantitative estimate of drug-likeness (QED) is 0.760. The summed E-state index contributed by atoms with van der Waals surface area (Å²) >= 11 is 0. The van der Waals surface area contributed by atoms with Crippen molar-refractivity contribution >= 4 is 0 Å². The van der Waals surface area contributed by atoms with E-state index in [-0.39, 0.29) is 11.5 Å². The molecule has 1 aromatic heterocycles. The Morgan fingerprint density at radius 3 is 2.21 bits per heavy atom. The highest BCUT2D eigenvalue weighted by molar-refractivity contribution is 5.02. The van der Waals surface area contributed by atoms with Gasteiger partial charge in [0.25, 0.3) is 0 Å². The lowest BCUT2D eigenvalue weighted by Gasteiger charge is -2.24. The monoisotopic (exact) mass is 196 g/mol. The highest BCUT2D eigenvalue weighted by Gasteiger charge is 2.25. The van der Waals surface area contributed by atoms with E-state index < -0.39 is 0 Å². The van der Waals surface area contributed by atoms with Crippen LogP contribution in [-0.4, -0.2) is 15.2 Å². The van der Waals surface area contributed by atoms with Gasteiger partial charge >= 0.3 is 0 Å². The summed E-state index contributed by atoms with van der Waals surface area (Å²) in [6.07, 6.45) is 0. The SMILES string of the molecule is CC(C)c1n[nH]c([C@H](N)C(C)(C)C)n1. The van der Waals surface area contributed by atoms with Crippen LogP contribution < -0.4 is 5.73 Å². The molecule has 3 N–H and O–H groups in total. The maximum absolute atomic E-state index is 6.05. The molecule has 0 saturated carbocycles. The molecule has 1 aromatic rings. The predicted molar refractivity (Wildman–Crippen MR) is 56.9 cm³/mol. The molecule has 14 heavy (non-hydrogen) atoms. The molecule has 0 radical (unpaired) electrons. The van der Waals surface area contributed by atoms with Crippen molar-refractivity contribution in [1.82, 2.24) is 15.2 Å². The fourth-order valence-electron chi connectivity index (χ4n) is 1.10. The van der Waals surface area contributed by atoms with Gasteiger partial charge in [-0.2, -0.15) is 5.10 Å². The summed E-state index contributed by atoms with van der Waals surface area (Å²) in [4.78, 5) is 4.38. The predicted octanol–water partition coefficient (Wildman–Crippen LogP) is 1.97. The van der Waals surface area contributed by atoms with Gasteiger partial charge in [0.15, 0.2) is 5.82 Å². The number of rotatable bonds is 2. The molecule has 4 nitrogen and oxygen atoms in total. The van der Waals surface area contributed by atoms with Crippen molar-refractivity contribution in [2.75, 3.05) is 0 Å². The van der Waals surface area contributed by atoms with E-state index in [1.54, 1.807) is 0 Å². The maximum Gasteiger partial charge on any atom is 0.153 e. The van der Waals surface area contributed by atoms with Gasteiger partial charge in [0.2, 0.25) is 0 Å². The molecule has 0 aliphatic heterocycles. The Labute approximate surface area is 85.3 Å². The van der Waals surface area contributed by atoms with E-state index in [0.29, 0.717) is 5.92 Å². The summed E-state index contributed by atoms with van der Waals surface area (Å²) in [6, 6.07) is -0.0949. The average molecular weight is 196 g/mol. The molecule has 0 amide bonds. The van der Waals surface area contributed by atoms with Crippen LogP contribution in [0.1, 0.15) is 58.2 Å². The molecule has 0 unspecified atom stereocenters. The fraction of sp³-hybridized carbons (Fsp3) is 0.800. The second-order valence-corrected chi connectivity index (χ2v) is 5.08. The van der Waals surface area contributed by atoms with Crippen LogP contribution in [0, 0.1) is 5.41 Å². The van der Waals surface area contributed by atoms with Gasteiger partial charge in [-0.25, -0.2) is 4.98 Å². The number of H-pyrrole nitrogens is 1. The first kappa shape index (κ1) is 11.2. The van der Waals surface area contributed by atoms with Crippen LogP contribution in [0.5, 0.6) is 0 Å². The van der Waals surface area contributed by atoms with Gasteiger partial charge in [0.1, 0.15) is 5.82 Å².